The Morgan fingerprint density at radius 3 is 2.24 bits per heavy atom. The molecule has 3 atom stereocenters. The van der Waals surface area contributed by atoms with Gasteiger partial charge in [-0.3, -0.25) is 4.52 Å². The van der Waals surface area contributed by atoms with Crippen LogP contribution in [-0.4, -0.2) is 46.1 Å². The predicted molar refractivity (Wildman–Crippen MR) is 63.0 cm³/mol. The van der Waals surface area contributed by atoms with Gasteiger partial charge in [0.15, 0.2) is 0 Å². The highest BCUT2D eigenvalue weighted by molar-refractivity contribution is 8.54. The van der Waals surface area contributed by atoms with Crippen LogP contribution in [0.3, 0.4) is 0 Å². The van der Waals surface area contributed by atoms with Gasteiger partial charge in [0.2, 0.25) is 0 Å². The summed E-state index contributed by atoms with van der Waals surface area (Å²) in [5.41, 5.74) is 0. The van der Waals surface area contributed by atoms with Crippen molar-refractivity contribution in [3.8, 4) is 0 Å². The van der Waals surface area contributed by atoms with Crippen molar-refractivity contribution in [2.45, 2.75) is 6.10 Å². The van der Waals surface area contributed by atoms with Crippen molar-refractivity contribution in [2.75, 3.05) is 19.5 Å². The molecule has 13 heteroatoms. The molecule has 0 spiro atoms. The molecule has 0 saturated carbocycles. The van der Waals surface area contributed by atoms with E-state index in [9.17, 15) is 9.67 Å². The Kier molecular flexibility index (Phi) is 8.59. The third-order valence-corrected chi connectivity index (χ3v) is 5.45. The molecular formula is C4H12O9P2S2. The topological polar surface area (TPSA) is 135 Å². The summed E-state index contributed by atoms with van der Waals surface area (Å²) in [6.45, 7) is -8.52. The molecule has 17 heavy (non-hydrogen) atoms. The van der Waals surface area contributed by atoms with Gasteiger partial charge in [-0.2, -0.15) is 4.67 Å². The lowest BCUT2D eigenvalue weighted by atomic mass is 10.4. The third-order valence-electron chi connectivity index (χ3n) is 1.28. The van der Waals surface area contributed by atoms with Crippen LogP contribution in [0, 0.1) is 0 Å². The molecule has 0 aromatic rings. The van der Waals surface area contributed by atoms with Crippen LogP contribution in [0.2, 0.25) is 0 Å². The second kappa shape index (κ2) is 8.16. The number of aliphatic hydroxyl groups excluding tert-OH is 1. The number of hydrogen-bond donors (Lipinski definition) is 4. The smallest absolute Gasteiger partial charge is 0.388 e. The summed E-state index contributed by atoms with van der Waals surface area (Å²) in [7, 11) is 0. The molecule has 0 aromatic heterocycles. The van der Waals surface area contributed by atoms with Gasteiger partial charge in [-0.05, 0) is 29.4 Å². The summed E-state index contributed by atoms with van der Waals surface area (Å²) in [4.78, 5) is 8.95. The van der Waals surface area contributed by atoms with Gasteiger partial charge in [0, 0.05) is 0 Å². The zero-order valence-corrected chi connectivity index (χ0v) is 12.0. The number of aliphatic hydroxyl groups is 1. The standard InChI is InChI=1S/C4H12O9P2S2/c1-17-15(9,13-7)11-3-4(5)2-10-14(8,16)12-6/h4-7H,2-3H2,1H3,(H,8,16). The first-order valence-electron chi connectivity index (χ1n) is 3.90. The fraction of sp³-hybridized carbons (Fsp3) is 1.00. The molecular weight excluding hydrogens is 318 g/mol. The third kappa shape index (κ3) is 7.83. The summed E-state index contributed by atoms with van der Waals surface area (Å²) >= 11 is 4.89. The lowest BCUT2D eigenvalue weighted by molar-refractivity contribution is -0.153. The molecule has 0 aromatic carbocycles. The van der Waals surface area contributed by atoms with Crippen molar-refractivity contribution < 1.29 is 43.5 Å². The Labute approximate surface area is 106 Å². The van der Waals surface area contributed by atoms with Crippen LogP contribution in [-0.2, 0) is 34.8 Å². The fourth-order valence-corrected chi connectivity index (χ4v) is 2.40. The fourth-order valence-electron chi connectivity index (χ4n) is 0.539. The largest absolute Gasteiger partial charge is 0.415 e. The van der Waals surface area contributed by atoms with Crippen LogP contribution < -0.4 is 0 Å². The van der Waals surface area contributed by atoms with E-state index in [1.54, 1.807) is 0 Å². The van der Waals surface area contributed by atoms with Crippen molar-refractivity contribution in [3.63, 3.8) is 0 Å². The van der Waals surface area contributed by atoms with E-state index in [2.05, 4.69) is 30.2 Å². The van der Waals surface area contributed by atoms with E-state index in [0.717, 1.165) is 0 Å². The van der Waals surface area contributed by atoms with E-state index in [0.29, 0.717) is 11.4 Å². The molecule has 4 N–H and O–H groups in total. The molecule has 0 aliphatic heterocycles. The maximum absolute atomic E-state index is 11.3. The summed E-state index contributed by atoms with van der Waals surface area (Å²) in [5.74, 6) is 0. The quantitative estimate of drug-likeness (QED) is 0.274. The molecule has 0 rings (SSSR count). The summed E-state index contributed by atoms with van der Waals surface area (Å²) in [6, 6.07) is 0. The maximum atomic E-state index is 11.3. The average Bonchev–Trinajstić information content (AvgIpc) is 2.33. The lowest BCUT2D eigenvalue weighted by Gasteiger charge is -2.17. The van der Waals surface area contributed by atoms with Gasteiger partial charge >= 0.3 is 13.5 Å². The van der Waals surface area contributed by atoms with Crippen LogP contribution in [0.15, 0.2) is 0 Å². The SMILES string of the molecule is CSP(=O)(OO)OCC(O)COP(O)(=S)OO. The first-order chi connectivity index (χ1) is 7.78. The highest BCUT2D eigenvalue weighted by atomic mass is 32.7. The molecule has 104 valence electrons. The molecule has 0 aliphatic rings. The molecule has 0 fully saturated rings. The highest BCUT2D eigenvalue weighted by Crippen LogP contribution is 2.58. The molecule has 3 unspecified atom stereocenters. The van der Waals surface area contributed by atoms with Crippen LogP contribution in [0.5, 0.6) is 0 Å². The van der Waals surface area contributed by atoms with E-state index in [4.69, 9.17) is 15.4 Å². The van der Waals surface area contributed by atoms with E-state index < -0.39 is 32.8 Å². The van der Waals surface area contributed by atoms with Crippen molar-refractivity contribution in [3.05, 3.63) is 0 Å². The number of rotatable bonds is 9. The zero-order valence-electron chi connectivity index (χ0n) is 8.53. The Hall–Kier alpha value is 0.910. The average molecular weight is 330 g/mol. The van der Waals surface area contributed by atoms with Crippen LogP contribution in [0.25, 0.3) is 0 Å². The van der Waals surface area contributed by atoms with E-state index >= 15 is 0 Å². The first-order valence-corrected chi connectivity index (χ1v) is 9.87. The Morgan fingerprint density at radius 1 is 1.29 bits per heavy atom. The summed E-state index contributed by atoms with van der Waals surface area (Å²) in [5, 5.41) is 25.6. The van der Waals surface area contributed by atoms with Gasteiger partial charge in [-0.1, -0.05) is 0 Å². The van der Waals surface area contributed by atoms with Gasteiger partial charge in [0.25, 0.3) is 0 Å². The van der Waals surface area contributed by atoms with E-state index in [1.807, 2.05) is 0 Å². The van der Waals surface area contributed by atoms with Crippen molar-refractivity contribution in [1.29, 1.82) is 0 Å². The molecule has 0 aliphatic carbocycles. The van der Waals surface area contributed by atoms with Gasteiger partial charge in [-0.15, -0.1) is 4.67 Å². The number of hydrogen-bond acceptors (Lipinski definition) is 10. The predicted octanol–water partition coefficient (Wildman–Crippen LogP) is 1.05. The second-order valence-corrected chi connectivity index (χ2v) is 9.37. The van der Waals surface area contributed by atoms with Crippen molar-refractivity contribution >= 4 is 36.7 Å². The van der Waals surface area contributed by atoms with Gasteiger partial charge in [0.1, 0.15) is 6.10 Å². The van der Waals surface area contributed by atoms with Crippen LogP contribution in [0.4, 0.5) is 0 Å². The monoisotopic (exact) mass is 330 g/mol. The molecule has 0 radical (unpaired) electrons. The van der Waals surface area contributed by atoms with Crippen LogP contribution >= 0.6 is 24.9 Å². The van der Waals surface area contributed by atoms with Gasteiger partial charge in [0.05, 0.1) is 13.2 Å². The minimum atomic E-state index is -3.79. The molecule has 0 heterocycles. The van der Waals surface area contributed by atoms with E-state index in [-0.39, 0.29) is 0 Å². The minimum Gasteiger partial charge on any atom is -0.388 e. The lowest BCUT2D eigenvalue weighted by Crippen LogP contribution is -2.20. The summed E-state index contributed by atoms with van der Waals surface area (Å²) < 4.78 is 27.4. The van der Waals surface area contributed by atoms with Crippen molar-refractivity contribution in [2.24, 2.45) is 0 Å². The first kappa shape index (κ1) is 17.9. The van der Waals surface area contributed by atoms with Gasteiger partial charge in [-0.25, -0.2) is 15.1 Å². The Morgan fingerprint density at radius 2 is 1.82 bits per heavy atom. The second-order valence-electron chi connectivity index (χ2n) is 2.51. The van der Waals surface area contributed by atoms with Crippen LogP contribution in [0.1, 0.15) is 0 Å². The molecule has 0 bridgehead atoms. The summed E-state index contributed by atoms with van der Waals surface area (Å²) in [6.07, 6.45) is 0.0581. The Bertz CT molecular complexity index is 303. The molecule has 0 amide bonds. The Balaban J connectivity index is 4.00. The normalized spacial score (nSPS) is 20.5. The minimum absolute atomic E-state index is 0.501. The van der Waals surface area contributed by atoms with Crippen molar-refractivity contribution in [1.82, 2.24) is 0 Å². The molecule has 9 nitrogen and oxygen atoms in total. The highest BCUT2D eigenvalue weighted by Gasteiger charge is 2.26. The zero-order chi connectivity index (χ0) is 13.5. The van der Waals surface area contributed by atoms with Gasteiger partial charge < -0.3 is 14.5 Å². The maximum Gasteiger partial charge on any atom is 0.415 e. The molecule has 0 saturated heterocycles. The van der Waals surface area contributed by atoms with E-state index in [1.165, 1.54) is 6.26 Å².